The Bertz CT molecular complexity index is 859. The lowest BCUT2D eigenvalue weighted by Gasteiger charge is -2.12. The van der Waals surface area contributed by atoms with Crippen LogP contribution < -0.4 is 10.6 Å². The highest BCUT2D eigenvalue weighted by Gasteiger charge is 2.06. The van der Waals surface area contributed by atoms with Crippen LogP contribution in [0.1, 0.15) is 17.9 Å². The molecule has 0 amide bonds. The van der Waals surface area contributed by atoms with E-state index in [1.807, 2.05) is 23.9 Å². The molecule has 0 unspecified atom stereocenters. The standard InChI is InChI=1S/C18H25N7/c1-14-23-16-7-4-5-8-17(16)25(14)12-6-10-20-18(19-2)21-13-15-9-11-22-24(15)3/h4-5,7-9,11H,6,10,12-13H2,1-3H3,(H2,19,20,21). The van der Waals surface area contributed by atoms with Gasteiger partial charge in [-0.05, 0) is 31.5 Å². The number of aromatic nitrogens is 4. The van der Waals surface area contributed by atoms with E-state index in [4.69, 9.17) is 0 Å². The average molecular weight is 339 g/mol. The first-order chi connectivity index (χ1) is 12.2. The number of para-hydroxylation sites is 2. The van der Waals surface area contributed by atoms with E-state index in [0.717, 1.165) is 42.5 Å². The molecule has 0 saturated carbocycles. The van der Waals surface area contributed by atoms with Crippen LogP contribution in [-0.2, 0) is 20.1 Å². The number of rotatable bonds is 6. The van der Waals surface area contributed by atoms with Gasteiger partial charge in [0.1, 0.15) is 5.82 Å². The van der Waals surface area contributed by atoms with Gasteiger partial charge in [0.05, 0.1) is 23.3 Å². The quantitative estimate of drug-likeness (QED) is 0.408. The zero-order valence-corrected chi connectivity index (χ0v) is 15.0. The van der Waals surface area contributed by atoms with Gasteiger partial charge >= 0.3 is 0 Å². The van der Waals surface area contributed by atoms with Gasteiger partial charge in [-0.3, -0.25) is 9.67 Å². The highest BCUT2D eigenvalue weighted by molar-refractivity contribution is 5.79. The molecular weight excluding hydrogens is 314 g/mol. The Morgan fingerprint density at radius 1 is 1.20 bits per heavy atom. The molecule has 3 aromatic rings. The second-order valence-electron chi connectivity index (χ2n) is 5.95. The topological polar surface area (TPSA) is 72.1 Å². The number of imidazole rings is 1. The molecule has 0 bridgehead atoms. The van der Waals surface area contributed by atoms with Gasteiger partial charge in [-0.1, -0.05) is 12.1 Å². The molecule has 0 atom stereocenters. The van der Waals surface area contributed by atoms with E-state index in [0.29, 0.717) is 6.54 Å². The molecule has 2 heterocycles. The fourth-order valence-corrected chi connectivity index (χ4v) is 2.89. The van der Waals surface area contributed by atoms with E-state index in [1.165, 1.54) is 5.52 Å². The minimum absolute atomic E-state index is 0.696. The highest BCUT2D eigenvalue weighted by atomic mass is 15.3. The zero-order chi connectivity index (χ0) is 17.6. The Morgan fingerprint density at radius 3 is 2.80 bits per heavy atom. The first-order valence-electron chi connectivity index (χ1n) is 8.52. The number of fused-ring (bicyclic) bond motifs is 1. The molecule has 0 spiro atoms. The van der Waals surface area contributed by atoms with Crippen molar-refractivity contribution < 1.29 is 0 Å². The predicted molar refractivity (Wildman–Crippen MR) is 100 cm³/mol. The van der Waals surface area contributed by atoms with Crippen molar-refractivity contribution in [2.45, 2.75) is 26.4 Å². The minimum Gasteiger partial charge on any atom is -0.356 e. The van der Waals surface area contributed by atoms with Gasteiger partial charge in [0.15, 0.2) is 5.96 Å². The van der Waals surface area contributed by atoms with Crippen LogP contribution in [0.25, 0.3) is 11.0 Å². The summed E-state index contributed by atoms with van der Waals surface area (Å²) in [6.07, 6.45) is 2.79. The zero-order valence-electron chi connectivity index (χ0n) is 15.0. The smallest absolute Gasteiger partial charge is 0.191 e. The summed E-state index contributed by atoms with van der Waals surface area (Å²) in [6, 6.07) is 10.3. The molecule has 0 aliphatic heterocycles. The molecule has 25 heavy (non-hydrogen) atoms. The third-order valence-electron chi connectivity index (χ3n) is 4.28. The third-order valence-corrected chi connectivity index (χ3v) is 4.28. The first-order valence-corrected chi connectivity index (χ1v) is 8.52. The van der Waals surface area contributed by atoms with Crippen LogP contribution >= 0.6 is 0 Å². The lowest BCUT2D eigenvalue weighted by molar-refractivity contribution is 0.621. The van der Waals surface area contributed by atoms with E-state index < -0.39 is 0 Å². The van der Waals surface area contributed by atoms with Crippen molar-refractivity contribution in [1.29, 1.82) is 0 Å². The summed E-state index contributed by atoms with van der Waals surface area (Å²) < 4.78 is 4.12. The number of nitrogens with zero attached hydrogens (tertiary/aromatic N) is 5. The summed E-state index contributed by atoms with van der Waals surface area (Å²) in [7, 11) is 3.72. The van der Waals surface area contributed by atoms with Crippen molar-refractivity contribution in [3.63, 3.8) is 0 Å². The molecule has 0 saturated heterocycles. The summed E-state index contributed by atoms with van der Waals surface area (Å²) in [4.78, 5) is 8.87. The van der Waals surface area contributed by atoms with Gasteiger partial charge in [-0.25, -0.2) is 4.98 Å². The average Bonchev–Trinajstić information content (AvgIpc) is 3.17. The first kappa shape index (κ1) is 17.0. The summed E-state index contributed by atoms with van der Waals surface area (Å²) in [5.41, 5.74) is 3.36. The van der Waals surface area contributed by atoms with E-state index >= 15 is 0 Å². The Hall–Kier alpha value is -2.83. The molecule has 1 aromatic carbocycles. The fraction of sp³-hybridized carbons (Fsp3) is 0.389. The number of hydrogen-bond donors (Lipinski definition) is 2. The number of aryl methyl sites for hydroxylation is 3. The van der Waals surface area contributed by atoms with Crippen molar-refractivity contribution in [3.05, 3.63) is 48.0 Å². The fourth-order valence-electron chi connectivity index (χ4n) is 2.89. The van der Waals surface area contributed by atoms with Crippen LogP contribution in [0.5, 0.6) is 0 Å². The Kier molecular flexibility index (Phi) is 5.33. The van der Waals surface area contributed by atoms with Crippen LogP contribution in [0, 0.1) is 6.92 Å². The molecular formula is C18H25N7. The molecule has 2 N–H and O–H groups in total. The molecule has 0 radical (unpaired) electrons. The van der Waals surface area contributed by atoms with Gasteiger partial charge < -0.3 is 15.2 Å². The van der Waals surface area contributed by atoms with Crippen LogP contribution in [0.4, 0.5) is 0 Å². The Balaban J connectivity index is 1.48. The van der Waals surface area contributed by atoms with Gasteiger partial charge in [0, 0.05) is 33.4 Å². The van der Waals surface area contributed by atoms with Crippen molar-refractivity contribution in [3.8, 4) is 0 Å². The number of aliphatic imine (C=N–C) groups is 1. The predicted octanol–water partition coefficient (Wildman–Crippen LogP) is 1.83. The minimum atomic E-state index is 0.696. The molecule has 7 heteroatoms. The molecule has 7 nitrogen and oxygen atoms in total. The van der Waals surface area contributed by atoms with Gasteiger partial charge in [-0.2, -0.15) is 5.10 Å². The van der Waals surface area contributed by atoms with E-state index in [-0.39, 0.29) is 0 Å². The second-order valence-corrected chi connectivity index (χ2v) is 5.95. The van der Waals surface area contributed by atoms with Crippen molar-refractivity contribution in [2.75, 3.05) is 13.6 Å². The van der Waals surface area contributed by atoms with Crippen LogP contribution in [0.3, 0.4) is 0 Å². The SMILES string of the molecule is CN=C(NCCCn1c(C)nc2ccccc21)NCc1ccnn1C. The maximum atomic E-state index is 4.61. The van der Waals surface area contributed by atoms with Crippen LogP contribution in [0.2, 0.25) is 0 Å². The molecule has 0 aliphatic rings. The van der Waals surface area contributed by atoms with Gasteiger partial charge in [-0.15, -0.1) is 0 Å². The van der Waals surface area contributed by atoms with E-state index in [1.54, 1.807) is 13.2 Å². The molecule has 3 rings (SSSR count). The van der Waals surface area contributed by atoms with Crippen LogP contribution in [-0.4, -0.2) is 38.9 Å². The second kappa shape index (κ2) is 7.83. The van der Waals surface area contributed by atoms with Crippen LogP contribution in [0.15, 0.2) is 41.5 Å². The van der Waals surface area contributed by atoms with Gasteiger partial charge in [0.2, 0.25) is 0 Å². The van der Waals surface area contributed by atoms with E-state index in [2.05, 4.69) is 55.4 Å². The molecule has 2 aromatic heterocycles. The summed E-state index contributed by atoms with van der Waals surface area (Å²) in [5, 5.41) is 10.8. The van der Waals surface area contributed by atoms with Gasteiger partial charge in [0.25, 0.3) is 0 Å². The summed E-state index contributed by atoms with van der Waals surface area (Å²) >= 11 is 0. The maximum absolute atomic E-state index is 4.61. The summed E-state index contributed by atoms with van der Waals surface area (Å²) in [6.45, 7) is 4.53. The monoisotopic (exact) mass is 339 g/mol. The van der Waals surface area contributed by atoms with Crippen molar-refractivity contribution in [2.24, 2.45) is 12.0 Å². The van der Waals surface area contributed by atoms with Crippen molar-refractivity contribution >= 4 is 17.0 Å². The lowest BCUT2D eigenvalue weighted by Crippen LogP contribution is -2.37. The molecule has 0 fully saturated rings. The Morgan fingerprint density at radius 2 is 2.04 bits per heavy atom. The third kappa shape index (κ3) is 3.99. The highest BCUT2D eigenvalue weighted by Crippen LogP contribution is 2.15. The number of hydrogen-bond acceptors (Lipinski definition) is 3. The molecule has 132 valence electrons. The largest absolute Gasteiger partial charge is 0.356 e. The van der Waals surface area contributed by atoms with E-state index in [9.17, 15) is 0 Å². The summed E-state index contributed by atoms with van der Waals surface area (Å²) in [5.74, 6) is 1.85. The maximum Gasteiger partial charge on any atom is 0.191 e. The number of nitrogens with one attached hydrogen (secondary N) is 2. The number of benzene rings is 1. The number of guanidine groups is 1. The van der Waals surface area contributed by atoms with Crippen molar-refractivity contribution in [1.82, 2.24) is 30.0 Å². The normalized spacial score (nSPS) is 11.9. The Labute approximate surface area is 147 Å². The lowest BCUT2D eigenvalue weighted by atomic mass is 10.3. The molecule has 0 aliphatic carbocycles.